The van der Waals surface area contributed by atoms with Gasteiger partial charge >= 0.3 is 6.09 Å². The number of nitrogens with one attached hydrogen (secondary N) is 2. The molecular formula is C36H52ClN3O10S2. The lowest BCUT2D eigenvalue weighted by Gasteiger charge is -2.42. The van der Waals surface area contributed by atoms with E-state index in [0.717, 1.165) is 5.57 Å². The molecule has 290 valence electrons. The lowest BCUT2D eigenvalue weighted by Crippen LogP contribution is -2.63. The maximum absolute atomic E-state index is 13.7. The molecule has 0 saturated carbocycles. The number of aliphatic hydroxyl groups is 2. The molecule has 0 aliphatic carbocycles. The third kappa shape index (κ3) is 10.6. The Morgan fingerprint density at radius 3 is 2.62 bits per heavy atom. The van der Waals surface area contributed by atoms with Crippen molar-refractivity contribution in [1.29, 1.82) is 0 Å². The van der Waals surface area contributed by atoms with Gasteiger partial charge in [0.1, 0.15) is 23.0 Å². The number of carbonyl (C=O) groups excluding carboxylic acids is 3. The number of methoxy groups -OCH3 is 2. The number of amides is 3. The van der Waals surface area contributed by atoms with Crippen molar-refractivity contribution in [1.82, 2.24) is 10.2 Å². The molecule has 3 heterocycles. The number of carbonyl (C=O) groups is 3. The summed E-state index contributed by atoms with van der Waals surface area (Å²) in [5.74, 6) is -0.446. The third-order valence-corrected chi connectivity index (χ3v) is 11.9. The lowest BCUT2D eigenvalue weighted by atomic mass is 9.86. The highest BCUT2D eigenvalue weighted by atomic mass is 35.5. The number of nitrogens with zero attached hydrogens (tertiary/aromatic N) is 1. The molecule has 4 rings (SSSR count). The van der Waals surface area contributed by atoms with Gasteiger partial charge in [0.25, 0.3) is 0 Å². The number of ether oxygens (including phenoxy) is 5. The van der Waals surface area contributed by atoms with Crippen LogP contribution in [0, 0.1) is 5.92 Å². The van der Waals surface area contributed by atoms with Gasteiger partial charge in [0.2, 0.25) is 11.8 Å². The van der Waals surface area contributed by atoms with E-state index in [1.165, 1.54) is 40.7 Å². The third-order valence-electron chi connectivity index (χ3n) is 9.86. The molecule has 0 aromatic heterocycles. The fourth-order valence-corrected chi connectivity index (χ4v) is 8.20. The molecule has 0 radical (unpaired) electrons. The topological polar surface area (TPSA) is 168 Å². The van der Waals surface area contributed by atoms with Crippen molar-refractivity contribution in [2.75, 3.05) is 38.6 Å². The molecule has 3 amide bonds. The van der Waals surface area contributed by atoms with Crippen molar-refractivity contribution < 1.29 is 48.3 Å². The second kappa shape index (κ2) is 18.2. The minimum atomic E-state index is -1.73. The molecule has 1 aromatic carbocycles. The van der Waals surface area contributed by atoms with Crippen LogP contribution in [0.1, 0.15) is 58.9 Å². The molecule has 4 N–H and O–H groups in total. The summed E-state index contributed by atoms with van der Waals surface area (Å²) in [6.07, 6.45) is 3.72. The van der Waals surface area contributed by atoms with Gasteiger partial charge in [0, 0.05) is 27.0 Å². The molecule has 0 spiro atoms. The van der Waals surface area contributed by atoms with Crippen LogP contribution in [0.4, 0.5) is 10.5 Å². The van der Waals surface area contributed by atoms with E-state index in [1.54, 1.807) is 38.3 Å². The number of alkyl carbamates (subject to hydrolysis) is 1. The van der Waals surface area contributed by atoms with E-state index in [2.05, 4.69) is 10.6 Å². The van der Waals surface area contributed by atoms with E-state index in [0.29, 0.717) is 36.3 Å². The van der Waals surface area contributed by atoms with Crippen LogP contribution in [-0.4, -0.2) is 114 Å². The number of anilines is 1. The van der Waals surface area contributed by atoms with E-state index in [-0.39, 0.29) is 41.5 Å². The second-order valence-electron chi connectivity index (χ2n) is 14.0. The number of halogens is 1. The lowest BCUT2D eigenvalue weighted by molar-refractivity contribution is -0.177. The van der Waals surface area contributed by atoms with Crippen LogP contribution in [0.15, 0.2) is 35.9 Å². The van der Waals surface area contributed by atoms with Gasteiger partial charge in [0.05, 0.1) is 48.8 Å². The normalized spacial score (nSPS) is 34.9. The number of likely N-dealkylation sites (N-methyl/N-ethyl adjacent to an activating group) is 1. The molecule has 2 fully saturated rings. The van der Waals surface area contributed by atoms with Crippen LogP contribution in [0.5, 0.6) is 5.75 Å². The minimum Gasteiger partial charge on any atom is -0.495 e. The van der Waals surface area contributed by atoms with E-state index >= 15 is 0 Å². The van der Waals surface area contributed by atoms with Crippen molar-refractivity contribution in [3.8, 4) is 5.75 Å². The number of epoxide rings is 1. The molecule has 2 bridgehead atoms. The van der Waals surface area contributed by atoms with Gasteiger partial charge in [-0.05, 0) is 57.4 Å². The zero-order valence-corrected chi connectivity index (χ0v) is 33.4. The first-order chi connectivity index (χ1) is 24.5. The van der Waals surface area contributed by atoms with Crippen LogP contribution in [-0.2, 0) is 35.0 Å². The molecule has 1 aromatic rings. The van der Waals surface area contributed by atoms with E-state index in [4.69, 9.17) is 35.3 Å². The van der Waals surface area contributed by atoms with Crippen LogP contribution < -0.4 is 15.4 Å². The first kappa shape index (κ1) is 42.2. The standard InChI is InChI=1S/C36H52ClN3O10S2/c1-20-10-9-11-27(47-7)36(45)18-26(49-34(44)39-36)21(2)15-28-35(4,50-28)17-22(3)48-33(43)24(40(5)30(42)19-52-51-8)16-29(41)38-32-23(14-20)12-13-25(46-6)31(32)37/h9-13,21-22,24,26-28,33,43,45H,14-19H2,1-8H3,(H,38,41)(H,39,44)/b11-9+,20-10-. The number of hydrogen-bond donors (Lipinski definition) is 4. The Kier molecular flexibility index (Phi) is 14.8. The fraction of sp³-hybridized carbons (Fsp3) is 0.639. The number of aliphatic hydroxyl groups excluding tert-OH is 1. The van der Waals surface area contributed by atoms with Gasteiger partial charge in [-0.3, -0.25) is 14.9 Å². The Labute approximate surface area is 318 Å². The number of allylic oxidation sites excluding steroid dienone is 3. The van der Waals surface area contributed by atoms with Crippen LogP contribution in [0.2, 0.25) is 5.02 Å². The summed E-state index contributed by atoms with van der Waals surface area (Å²) in [5, 5.41) is 28.7. The molecule has 52 heavy (non-hydrogen) atoms. The highest BCUT2D eigenvalue weighted by molar-refractivity contribution is 8.76. The van der Waals surface area contributed by atoms with Gasteiger partial charge in [-0.15, -0.1) is 0 Å². The van der Waals surface area contributed by atoms with Gasteiger partial charge in [-0.1, -0.05) is 70.0 Å². The zero-order valence-electron chi connectivity index (χ0n) is 31.0. The van der Waals surface area contributed by atoms with Crippen LogP contribution >= 0.6 is 33.2 Å². The van der Waals surface area contributed by atoms with Crippen molar-refractivity contribution >= 4 is 56.8 Å². The van der Waals surface area contributed by atoms with Crippen molar-refractivity contribution in [2.24, 2.45) is 5.92 Å². The zero-order chi connectivity index (χ0) is 38.4. The molecule has 9 unspecified atom stereocenters. The highest BCUT2D eigenvalue weighted by Gasteiger charge is 2.55. The van der Waals surface area contributed by atoms with Gasteiger partial charge in [-0.25, -0.2) is 4.79 Å². The maximum Gasteiger partial charge on any atom is 0.409 e. The van der Waals surface area contributed by atoms with Gasteiger partial charge < -0.3 is 44.1 Å². The Morgan fingerprint density at radius 2 is 1.94 bits per heavy atom. The summed E-state index contributed by atoms with van der Waals surface area (Å²) >= 11 is 6.75. The first-order valence-corrected chi connectivity index (χ1v) is 20.3. The Hall–Kier alpha value is -2.50. The van der Waals surface area contributed by atoms with E-state index < -0.39 is 54.0 Å². The second-order valence-corrected chi connectivity index (χ2v) is 16.9. The monoisotopic (exact) mass is 785 g/mol. The van der Waals surface area contributed by atoms with Crippen LogP contribution in [0.3, 0.4) is 0 Å². The Morgan fingerprint density at radius 1 is 1.21 bits per heavy atom. The average molecular weight is 786 g/mol. The summed E-state index contributed by atoms with van der Waals surface area (Å²) in [7, 11) is 7.27. The summed E-state index contributed by atoms with van der Waals surface area (Å²) in [6, 6.07) is 2.48. The van der Waals surface area contributed by atoms with Crippen LogP contribution in [0.25, 0.3) is 0 Å². The fourth-order valence-electron chi connectivity index (χ4n) is 6.81. The van der Waals surface area contributed by atoms with Crippen molar-refractivity contribution in [3.63, 3.8) is 0 Å². The van der Waals surface area contributed by atoms with Crippen molar-refractivity contribution in [3.05, 3.63) is 46.5 Å². The molecule has 13 nitrogen and oxygen atoms in total. The summed E-state index contributed by atoms with van der Waals surface area (Å²) in [6.45, 7) is 7.58. The summed E-state index contributed by atoms with van der Waals surface area (Å²) in [4.78, 5) is 40.9. The molecule has 3 aliphatic heterocycles. The van der Waals surface area contributed by atoms with E-state index in [9.17, 15) is 24.6 Å². The smallest absolute Gasteiger partial charge is 0.409 e. The van der Waals surface area contributed by atoms with E-state index in [1.807, 2.05) is 33.1 Å². The molecule has 3 aliphatic rings. The molecule has 9 atom stereocenters. The highest BCUT2D eigenvalue weighted by Crippen LogP contribution is 2.46. The predicted octanol–water partition coefficient (Wildman–Crippen LogP) is 5.07. The van der Waals surface area contributed by atoms with Gasteiger partial charge in [-0.2, -0.15) is 0 Å². The van der Waals surface area contributed by atoms with Gasteiger partial charge in [0.15, 0.2) is 12.0 Å². The van der Waals surface area contributed by atoms with Crippen molar-refractivity contribution in [2.45, 2.75) is 108 Å². The largest absolute Gasteiger partial charge is 0.495 e. The Bertz CT molecular complexity index is 1520. The molecule has 2 saturated heterocycles. The number of rotatable bonds is 6. The molecular weight excluding hydrogens is 734 g/mol. The SMILES string of the molecule is COc1ccc2c(c1Cl)NC(=O)CC(N(C)C(=O)CSSC)C(O)OC(C)CC1(C)OC1CC(C)C1CC(O)(NC(=O)O1)C(OC)/C=C/C=C(/C)C2. The minimum absolute atomic E-state index is 0.0804. The number of fused-ring (bicyclic) bond motifs is 4. The predicted molar refractivity (Wildman–Crippen MR) is 202 cm³/mol. The summed E-state index contributed by atoms with van der Waals surface area (Å²) < 4.78 is 28.9. The average Bonchev–Trinajstić information content (AvgIpc) is 3.71. The number of hydrogen-bond acceptors (Lipinski definition) is 12. The Balaban J connectivity index is 1.70. The molecule has 16 heteroatoms. The first-order valence-electron chi connectivity index (χ1n) is 17.2. The summed E-state index contributed by atoms with van der Waals surface area (Å²) in [5.41, 5.74) is -0.445. The number of benzene rings is 1. The quantitative estimate of drug-likeness (QED) is 0.224. The maximum atomic E-state index is 13.7.